The van der Waals surface area contributed by atoms with Crippen LogP contribution in [0.1, 0.15) is 29.0 Å². The van der Waals surface area contributed by atoms with E-state index >= 15 is 0 Å². The lowest BCUT2D eigenvalue weighted by Crippen LogP contribution is -2.39. The first-order chi connectivity index (χ1) is 11.1. The molecule has 23 heavy (non-hydrogen) atoms. The molecule has 1 aliphatic heterocycles. The van der Waals surface area contributed by atoms with Crippen LogP contribution in [0.4, 0.5) is 0 Å². The van der Waals surface area contributed by atoms with Gasteiger partial charge in [-0.3, -0.25) is 9.30 Å². The zero-order valence-corrected chi connectivity index (χ0v) is 14.5. The predicted molar refractivity (Wildman–Crippen MR) is 89.7 cm³/mol. The molecular weight excluding hydrogens is 310 g/mol. The molecule has 1 saturated heterocycles. The monoisotopic (exact) mass is 331 g/mol. The molecule has 0 amide bonds. The Bertz CT molecular complexity index is 833. The third-order valence-electron chi connectivity index (χ3n) is 4.41. The Balaban J connectivity index is 1.54. The number of rotatable bonds is 3. The van der Waals surface area contributed by atoms with Gasteiger partial charge in [-0.15, -0.1) is 11.3 Å². The van der Waals surface area contributed by atoms with E-state index in [0.717, 1.165) is 48.4 Å². The number of fused-ring (bicyclic) bond motifs is 1. The highest BCUT2D eigenvalue weighted by Gasteiger charge is 2.26. The number of ether oxygens (including phenoxy) is 1. The van der Waals surface area contributed by atoms with Crippen LogP contribution < -0.4 is 0 Å². The van der Waals surface area contributed by atoms with Crippen LogP contribution in [-0.2, 0) is 18.3 Å². The molecule has 0 saturated carbocycles. The second-order valence-corrected chi connectivity index (χ2v) is 7.02. The number of aromatic nitrogens is 4. The van der Waals surface area contributed by atoms with E-state index in [1.54, 1.807) is 11.3 Å². The van der Waals surface area contributed by atoms with Crippen LogP contribution in [0.15, 0.2) is 17.8 Å². The molecule has 4 rings (SSSR count). The van der Waals surface area contributed by atoms with E-state index in [1.165, 1.54) is 5.69 Å². The highest BCUT2D eigenvalue weighted by atomic mass is 32.1. The highest BCUT2D eigenvalue weighted by Crippen LogP contribution is 2.24. The fourth-order valence-corrected chi connectivity index (χ4v) is 4.06. The van der Waals surface area contributed by atoms with Crippen molar-refractivity contribution < 1.29 is 4.74 Å². The van der Waals surface area contributed by atoms with Gasteiger partial charge in [0.15, 0.2) is 4.96 Å². The number of imidazole rings is 2. The number of morpholine rings is 1. The van der Waals surface area contributed by atoms with E-state index in [4.69, 9.17) is 4.74 Å². The van der Waals surface area contributed by atoms with Gasteiger partial charge in [0.2, 0.25) is 0 Å². The van der Waals surface area contributed by atoms with Crippen LogP contribution in [0, 0.1) is 13.8 Å². The SMILES string of the molecule is Cc1cn(C)c(C2CN(Cc3c(C)nc4sccn34)CCO2)n1. The molecule has 3 aromatic rings. The number of hydrogen-bond donors (Lipinski definition) is 0. The minimum absolute atomic E-state index is 0.0358. The highest BCUT2D eigenvalue weighted by molar-refractivity contribution is 7.15. The van der Waals surface area contributed by atoms with Crippen molar-refractivity contribution in [3.63, 3.8) is 0 Å². The van der Waals surface area contributed by atoms with E-state index in [0.29, 0.717) is 0 Å². The van der Waals surface area contributed by atoms with Crippen molar-refractivity contribution in [3.05, 3.63) is 40.7 Å². The fourth-order valence-electron chi connectivity index (χ4n) is 3.28. The summed E-state index contributed by atoms with van der Waals surface area (Å²) in [5.74, 6) is 1.01. The molecule has 0 aromatic carbocycles. The largest absolute Gasteiger partial charge is 0.368 e. The second-order valence-electron chi connectivity index (χ2n) is 6.15. The lowest BCUT2D eigenvalue weighted by molar-refractivity contribution is -0.0388. The molecule has 0 aliphatic carbocycles. The summed E-state index contributed by atoms with van der Waals surface area (Å²) in [6.07, 6.45) is 4.19. The molecule has 6 nitrogen and oxygen atoms in total. The number of thiazole rings is 1. The van der Waals surface area contributed by atoms with Gasteiger partial charge in [-0.05, 0) is 13.8 Å². The topological polar surface area (TPSA) is 47.6 Å². The second kappa shape index (κ2) is 5.74. The van der Waals surface area contributed by atoms with E-state index in [1.807, 2.05) is 20.2 Å². The summed E-state index contributed by atoms with van der Waals surface area (Å²) in [6.45, 7) is 7.55. The van der Waals surface area contributed by atoms with Gasteiger partial charge in [-0.25, -0.2) is 9.97 Å². The van der Waals surface area contributed by atoms with Crippen LogP contribution in [-0.4, -0.2) is 43.5 Å². The summed E-state index contributed by atoms with van der Waals surface area (Å²) in [5, 5.41) is 2.09. The molecule has 7 heteroatoms. The van der Waals surface area contributed by atoms with Crippen LogP contribution in [0.25, 0.3) is 4.96 Å². The van der Waals surface area contributed by atoms with Crippen molar-refractivity contribution in [2.75, 3.05) is 19.7 Å². The van der Waals surface area contributed by atoms with Crippen LogP contribution >= 0.6 is 11.3 Å². The van der Waals surface area contributed by atoms with Crippen molar-refractivity contribution in [2.45, 2.75) is 26.5 Å². The average molecular weight is 331 g/mol. The third kappa shape index (κ3) is 2.69. The molecule has 0 N–H and O–H groups in total. The number of aryl methyl sites for hydroxylation is 3. The van der Waals surface area contributed by atoms with Gasteiger partial charge >= 0.3 is 0 Å². The minimum Gasteiger partial charge on any atom is -0.368 e. The van der Waals surface area contributed by atoms with Gasteiger partial charge in [0, 0.05) is 44.5 Å². The van der Waals surface area contributed by atoms with E-state index in [9.17, 15) is 0 Å². The first kappa shape index (κ1) is 14.9. The van der Waals surface area contributed by atoms with Crippen LogP contribution in [0.3, 0.4) is 0 Å². The van der Waals surface area contributed by atoms with Crippen molar-refractivity contribution in [1.29, 1.82) is 0 Å². The maximum absolute atomic E-state index is 5.96. The molecule has 1 unspecified atom stereocenters. The third-order valence-corrected chi connectivity index (χ3v) is 5.16. The van der Waals surface area contributed by atoms with Gasteiger partial charge < -0.3 is 9.30 Å². The summed E-state index contributed by atoms with van der Waals surface area (Å²) >= 11 is 1.68. The Morgan fingerprint density at radius 1 is 1.35 bits per heavy atom. The quantitative estimate of drug-likeness (QED) is 0.739. The zero-order chi connectivity index (χ0) is 16.0. The lowest BCUT2D eigenvalue weighted by atomic mass is 10.2. The summed E-state index contributed by atoms with van der Waals surface area (Å²) < 4.78 is 10.2. The Morgan fingerprint density at radius 2 is 2.22 bits per heavy atom. The molecule has 3 aromatic heterocycles. The Kier molecular flexibility index (Phi) is 3.71. The zero-order valence-electron chi connectivity index (χ0n) is 13.7. The Hall–Kier alpha value is -1.70. The van der Waals surface area contributed by atoms with Gasteiger partial charge in [0.25, 0.3) is 0 Å². The van der Waals surface area contributed by atoms with E-state index < -0.39 is 0 Å². The predicted octanol–water partition coefficient (Wildman–Crippen LogP) is 2.32. The first-order valence-electron chi connectivity index (χ1n) is 7.86. The van der Waals surface area contributed by atoms with E-state index in [2.05, 4.69) is 42.3 Å². The summed E-state index contributed by atoms with van der Waals surface area (Å²) in [6, 6.07) is 0. The molecule has 1 aliphatic rings. The van der Waals surface area contributed by atoms with Crippen LogP contribution in [0.2, 0.25) is 0 Å². The molecule has 0 spiro atoms. The smallest absolute Gasteiger partial charge is 0.194 e. The maximum Gasteiger partial charge on any atom is 0.194 e. The summed E-state index contributed by atoms with van der Waals surface area (Å²) in [4.78, 5) is 12.8. The normalized spacial score (nSPS) is 19.7. The van der Waals surface area contributed by atoms with Crippen molar-refractivity contribution in [2.24, 2.45) is 7.05 Å². The van der Waals surface area contributed by atoms with E-state index in [-0.39, 0.29) is 6.10 Å². The molecule has 1 atom stereocenters. The van der Waals surface area contributed by atoms with Crippen molar-refractivity contribution in [3.8, 4) is 0 Å². The van der Waals surface area contributed by atoms with Gasteiger partial charge in [0.05, 0.1) is 23.7 Å². The molecular formula is C16H21N5OS. The first-order valence-corrected chi connectivity index (χ1v) is 8.74. The lowest BCUT2D eigenvalue weighted by Gasteiger charge is -2.32. The summed E-state index contributed by atoms with van der Waals surface area (Å²) in [7, 11) is 2.04. The number of nitrogens with zero attached hydrogens (tertiary/aromatic N) is 5. The van der Waals surface area contributed by atoms with Gasteiger partial charge in [-0.2, -0.15) is 0 Å². The Labute approximate surface area is 139 Å². The summed E-state index contributed by atoms with van der Waals surface area (Å²) in [5.41, 5.74) is 3.43. The minimum atomic E-state index is 0.0358. The maximum atomic E-state index is 5.96. The van der Waals surface area contributed by atoms with Crippen LogP contribution in [0.5, 0.6) is 0 Å². The average Bonchev–Trinajstić information content (AvgIpc) is 3.17. The molecule has 4 heterocycles. The van der Waals surface area contributed by atoms with Gasteiger partial charge in [-0.1, -0.05) is 0 Å². The standard InChI is InChI=1S/C16H21N5OS/c1-11-8-19(3)15(17-11)14-10-20(4-6-22-14)9-13-12(2)18-16-21(13)5-7-23-16/h5,7-8,14H,4,6,9-10H2,1-3H3. The molecule has 0 radical (unpaired) electrons. The Morgan fingerprint density at radius 3 is 3.00 bits per heavy atom. The fraction of sp³-hybridized carbons (Fsp3) is 0.500. The number of hydrogen-bond acceptors (Lipinski definition) is 5. The van der Waals surface area contributed by atoms with Gasteiger partial charge in [0.1, 0.15) is 11.9 Å². The van der Waals surface area contributed by atoms with Crippen molar-refractivity contribution in [1.82, 2.24) is 23.8 Å². The molecule has 1 fully saturated rings. The molecule has 0 bridgehead atoms. The molecule has 122 valence electrons. The van der Waals surface area contributed by atoms with Crippen molar-refractivity contribution >= 4 is 16.3 Å².